The van der Waals surface area contributed by atoms with Crippen molar-refractivity contribution in [3.05, 3.63) is 48.2 Å². The van der Waals surface area contributed by atoms with Crippen LogP contribution in [0.3, 0.4) is 0 Å². The fourth-order valence-electron chi connectivity index (χ4n) is 2.67. The number of aromatic nitrogens is 1. The Bertz CT molecular complexity index is 664. The number of nitrogens with two attached hydrogens (primary N) is 1. The zero-order chi connectivity index (χ0) is 16.8. The van der Waals surface area contributed by atoms with Crippen molar-refractivity contribution in [3.63, 3.8) is 0 Å². The first-order valence-corrected chi connectivity index (χ1v) is 8.21. The minimum atomic E-state index is -0.175. The number of anilines is 2. The molecule has 0 bridgehead atoms. The minimum absolute atomic E-state index is 0.175. The van der Waals surface area contributed by atoms with Crippen LogP contribution < -0.4 is 20.7 Å². The lowest BCUT2D eigenvalue weighted by atomic mass is 10.2. The van der Waals surface area contributed by atoms with Crippen molar-refractivity contribution in [1.29, 1.82) is 0 Å². The summed E-state index contributed by atoms with van der Waals surface area (Å²) >= 11 is 0. The average Bonchev–Trinajstić information content (AvgIpc) is 3.16. The van der Waals surface area contributed by atoms with Crippen LogP contribution in [0.2, 0.25) is 0 Å². The molecule has 1 saturated heterocycles. The van der Waals surface area contributed by atoms with Crippen molar-refractivity contribution in [2.24, 2.45) is 5.73 Å². The number of ether oxygens (including phenoxy) is 1. The number of carbonyl (C=O) groups is 1. The summed E-state index contributed by atoms with van der Waals surface area (Å²) in [7, 11) is 0. The molecule has 1 aromatic heterocycles. The quantitative estimate of drug-likeness (QED) is 0.851. The number of hydrogen-bond acceptors (Lipinski definition) is 5. The van der Waals surface area contributed by atoms with Crippen LogP contribution in [-0.4, -0.2) is 37.1 Å². The maximum absolute atomic E-state index is 12.3. The SMILES string of the molecule is NCCOc1ccc(NC(=O)c2ccc(N3CCCC3)nc2)cc1. The lowest BCUT2D eigenvalue weighted by Crippen LogP contribution is -2.19. The Morgan fingerprint density at radius 2 is 1.92 bits per heavy atom. The van der Waals surface area contributed by atoms with E-state index in [9.17, 15) is 4.79 Å². The molecule has 6 heteroatoms. The van der Waals surface area contributed by atoms with Gasteiger partial charge in [0.1, 0.15) is 18.2 Å². The third-order valence-corrected chi connectivity index (χ3v) is 3.94. The third kappa shape index (κ3) is 4.02. The standard InChI is InChI=1S/C18H22N4O2/c19-9-12-24-16-6-4-15(5-7-16)21-18(23)14-3-8-17(20-13-14)22-10-1-2-11-22/h3-8,13H,1-2,9-12,19H2,(H,21,23). The first-order valence-electron chi connectivity index (χ1n) is 8.21. The van der Waals surface area contributed by atoms with Gasteiger partial charge in [0, 0.05) is 31.5 Å². The van der Waals surface area contributed by atoms with Gasteiger partial charge in [-0.25, -0.2) is 4.98 Å². The number of rotatable bonds is 6. The molecule has 0 aliphatic carbocycles. The second kappa shape index (κ2) is 7.79. The molecule has 1 fully saturated rings. The van der Waals surface area contributed by atoms with Crippen LogP contribution in [0.4, 0.5) is 11.5 Å². The fraction of sp³-hybridized carbons (Fsp3) is 0.333. The zero-order valence-corrected chi connectivity index (χ0v) is 13.6. The van der Waals surface area contributed by atoms with Gasteiger partial charge in [-0.1, -0.05) is 0 Å². The number of amides is 1. The van der Waals surface area contributed by atoms with Gasteiger partial charge >= 0.3 is 0 Å². The predicted molar refractivity (Wildman–Crippen MR) is 94.6 cm³/mol. The molecular formula is C18H22N4O2. The molecule has 0 saturated carbocycles. The Morgan fingerprint density at radius 3 is 2.54 bits per heavy atom. The van der Waals surface area contributed by atoms with Crippen molar-refractivity contribution in [3.8, 4) is 5.75 Å². The van der Waals surface area contributed by atoms with Crippen LogP contribution in [-0.2, 0) is 0 Å². The van der Waals surface area contributed by atoms with E-state index in [2.05, 4.69) is 15.2 Å². The topological polar surface area (TPSA) is 80.5 Å². The third-order valence-electron chi connectivity index (χ3n) is 3.94. The van der Waals surface area contributed by atoms with Gasteiger partial charge in [0.25, 0.3) is 5.91 Å². The lowest BCUT2D eigenvalue weighted by molar-refractivity contribution is 0.102. The predicted octanol–water partition coefficient (Wildman–Crippen LogP) is 2.27. The average molecular weight is 326 g/mol. The summed E-state index contributed by atoms with van der Waals surface area (Å²) in [6.45, 7) is 3.02. The second-order valence-corrected chi connectivity index (χ2v) is 5.71. The number of nitrogens with one attached hydrogen (secondary N) is 1. The summed E-state index contributed by atoms with van der Waals surface area (Å²) in [4.78, 5) is 18.9. The van der Waals surface area contributed by atoms with E-state index in [0.29, 0.717) is 24.4 Å². The molecule has 6 nitrogen and oxygen atoms in total. The molecule has 1 aliphatic heterocycles. The van der Waals surface area contributed by atoms with Crippen molar-refractivity contribution in [2.75, 3.05) is 36.5 Å². The molecule has 3 N–H and O–H groups in total. The monoisotopic (exact) mass is 326 g/mol. The fourth-order valence-corrected chi connectivity index (χ4v) is 2.67. The van der Waals surface area contributed by atoms with Gasteiger partial charge in [-0.05, 0) is 49.2 Å². The van der Waals surface area contributed by atoms with E-state index < -0.39 is 0 Å². The molecule has 0 spiro atoms. The highest BCUT2D eigenvalue weighted by atomic mass is 16.5. The smallest absolute Gasteiger partial charge is 0.257 e. The molecule has 1 aliphatic rings. The molecule has 2 aromatic rings. The largest absolute Gasteiger partial charge is 0.492 e. The molecule has 0 unspecified atom stereocenters. The molecule has 0 atom stereocenters. The van der Waals surface area contributed by atoms with Crippen molar-refractivity contribution in [1.82, 2.24) is 4.98 Å². The highest BCUT2D eigenvalue weighted by molar-refractivity contribution is 6.04. The summed E-state index contributed by atoms with van der Waals surface area (Å²) in [5.74, 6) is 1.49. The lowest BCUT2D eigenvalue weighted by Gasteiger charge is -2.16. The first-order chi connectivity index (χ1) is 11.8. The number of nitrogens with zero attached hydrogens (tertiary/aromatic N) is 2. The van der Waals surface area contributed by atoms with Crippen LogP contribution >= 0.6 is 0 Å². The maximum atomic E-state index is 12.3. The normalized spacial score (nSPS) is 13.8. The van der Waals surface area contributed by atoms with Crippen molar-refractivity contribution >= 4 is 17.4 Å². The molecule has 2 heterocycles. The number of pyridine rings is 1. The zero-order valence-electron chi connectivity index (χ0n) is 13.6. The van der Waals surface area contributed by atoms with E-state index in [4.69, 9.17) is 10.5 Å². The first kappa shape index (κ1) is 16.3. The summed E-state index contributed by atoms with van der Waals surface area (Å²) in [5.41, 5.74) is 6.65. The van der Waals surface area contributed by atoms with E-state index in [-0.39, 0.29) is 5.91 Å². The summed E-state index contributed by atoms with van der Waals surface area (Å²) in [6.07, 6.45) is 4.03. The summed E-state index contributed by atoms with van der Waals surface area (Å²) in [5, 5.41) is 2.86. The highest BCUT2D eigenvalue weighted by Gasteiger charge is 2.14. The van der Waals surface area contributed by atoms with Gasteiger partial charge in [-0.15, -0.1) is 0 Å². The van der Waals surface area contributed by atoms with Crippen molar-refractivity contribution < 1.29 is 9.53 Å². The van der Waals surface area contributed by atoms with E-state index in [1.54, 1.807) is 30.5 Å². The molecule has 24 heavy (non-hydrogen) atoms. The van der Waals surface area contributed by atoms with Gasteiger partial charge < -0.3 is 20.7 Å². The van der Waals surface area contributed by atoms with Gasteiger partial charge in [0.2, 0.25) is 0 Å². The number of benzene rings is 1. The molecule has 1 aromatic carbocycles. The number of carbonyl (C=O) groups excluding carboxylic acids is 1. The van der Waals surface area contributed by atoms with Gasteiger partial charge in [0.05, 0.1) is 5.56 Å². The summed E-state index contributed by atoms with van der Waals surface area (Å²) < 4.78 is 5.41. The van der Waals surface area contributed by atoms with Crippen LogP contribution in [0.5, 0.6) is 5.75 Å². The minimum Gasteiger partial charge on any atom is -0.492 e. The van der Waals surface area contributed by atoms with Crippen LogP contribution in [0.1, 0.15) is 23.2 Å². The number of hydrogen-bond donors (Lipinski definition) is 2. The van der Waals surface area contributed by atoms with Crippen LogP contribution in [0.25, 0.3) is 0 Å². The van der Waals surface area contributed by atoms with Crippen LogP contribution in [0.15, 0.2) is 42.6 Å². The Balaban J connectivity index is 1.59. The molecule has 126 valence electrons. The van der Waals surface area contributed by atoms with Gasteiger partial charge in [-0.2, -0.15) is 0 Å². The van der Waals surface area contributed by atoms with E-state index in [1.165, 1.54) is 12.8 Å². The molecular weight excluding hydrogens is 304 g/mol. The van der Waals surface area contributed by atoms with E-state index in [1.807, 2.05) is 12.1 Å². The second-order valence-electron chi connectivity index (χ2n) is 5.71. The Morgan fingerprint density at radius 1 is 1.17 bits per heavy atom. The van der Waals surface area contributed by atoms with Gasteiger partial charge in [-0.3, -0.25) is 4.79 Å². The Hall–Kier alpha value is -2.60. The van der Waals surface area contributed by atoms with E-state index in [0.717, 1.165) is 24.7 Å². The maximum Gasteiger partial charge on any atom is 0.257 e. The van der Waals surface area contributed by atoms with Crippen molar-refractivity contribution in [2.45, 2.75) is 12.8 Å². The van der Waals surface area contributed by atoms with E-state index >= 15 is 0 Å². The van der Waals surface area contributed by atoms with Crippen LogP contribution in [0, 0.1) is 0 Å². The molecule has 0 radical (unpaired) electrons. The Labute approximate surface area is 141 Å². The summed E-state index contributed by atoms with van der Waals surface area (Å²) in [6, 6.07) is 10.9. The van der Waals surface area contributed by atoms with Gasteiger partial charge in [0.15, 0.2) is 0 Å². The highest BCUT2D eigenvalue weighted by Crippen LogP contribution is 2.19. The molecule has 1 amide bonds. The molecule has 3 rings (SSSR count). The Kier molecular flexibility index (Phi) is 5.28.